The van der Waals surface area contributed by atoms with Crippen molar-refractivity contribution in [1.29, 1.82) is 0 Å². The Hall–Kier alpha value is -0.530. The highest BCUT2D eigenvalue weighted by Crippen LogP contribution is 2.46. The Balaban J connectivity index is 2.72. The lowest BCUT2D eigenvalue weighted by Gasteiger charge is -2.17. The predicted molar refractivity (Wildman–Crippen MR) is 116 cm³/mol. The predicted octanol–water partition coefficient (Wildman–Crippen LogP) is 6.98. The molecule has 0 radical (unpaired) electrons. The first-order valence-corrected chi connectivity index (χ1v) is 13.9. The fourth-order valence-electron chi connectivity index (χ4n) is 2.44. The molecule has 0 aromatic heterocycles. The standard InChI is InChI=1S/C18H18F4O3S5/c1-4-26-9-7-10(27-5-2)16(11(8-9)28-6-3)29-17-12(19)14(21)18(30(23,24)25)15(22)13(17)20/h7-8H,4-6H2,1-3H3,(H,23,24,25). The molecule has 0 saturated heterocycles. The Kier molecular flexibility index (Phi) is 9.32. The zero-order valence-electron chi connectivity index (χ0n) is 16.1. The van der Waals surface area contributed by atoms with Gasteiger partial charge in [0.1, 0.15) is 0 Å². The summed E-state index contributed by atoms with van der Waals surface area (Å²) in [7, 11) is -5.49. The highest BCUT2D eigenvalue weighted by atomic mass is 32.2. The number of hydrogen-bond acceptors (Lipinski definition) is 6. The molecular weight excluding hydrogens is 501 g/mol. The molecule has 0 amide bonds. The zero-order chi connectivity index (χ0) is 22.6. The lowest BCUT2D eigenvalue weighted by atomic mass is 10.3. The van der Waals surface area contributed by atoms with Crippen LogP contribution >= 0.6 is 47.0 Å². The van der Waals surface area contributed by atoms with Crippen molar-refractivity contribution in [3.05, 3.63) is 35.4 Å². The summed E-state index contributed by atoms with van der Waals surface area (Å²) in [4.78, 5) is -0.295. The third kappa shape index (κ3) is 5.63. The molecule has 0 spiro atoms. The number of rotatable bonds is 9. The molecule has 0 saturated carbocycles. The minimum absolute atomic E-state index is 0.422. The summed E-state index contributed by atoms with van der Waals surface area (Å²) in [5.41, 5.74) is 0. The van der Waals surface area contributed by atoms with Gasteiger partial charge in [-0.1, -0.05) is 32.5 Å². The molecule has 2 rings (SSSR count). The maximum absolute atomic E-state index is 14.6. The molecule has 0 aliphatic carbocycles. The van der Waals surface area contributed by atoms with Crippen LogP contribution in [0.25, 0.3) is 0 Å². The summed E-state index contributed by atoms with van der Waals surface area (Å²) in [6.07, 6.45) is 0. The zero-order valence-corrected chi connectivity index (χ0v) is 20.2. The number of benzene rings is 2. The molecule has 0 unspecified atom stereocenters. The van der Waals surface area contributed by atoms with E-state index in [1.807, 2.05) is 32.9 Å². The van der Waals surface area contributed by atoms with Gasteiger partial charge in [-0.2, -0.15) is 8.42 Å². The third-order valence-electron chi connectivity index (χ3n) is 3.55. The monoisotopic (exact) mass is 518 g/mol. The molecule has 30 heavy (non-hydrogen) atoms. The van der Waals surface area contributed by atoms with Crippen LogP contribution in [-0.4, -0.2) is 30.2 Å². The molecule has 0 heterocycles. The average Bonchev–Trinajstić information content (AvgIpc) is 2.65. The van der Waals surface area contributed by atoms with Crippen LogP contribution in [0.1, 0.15) is 20.8 Å². The van der Waals surface area contributed by atoms with Crippen molar-refractivity contribution in [3.63, 3.8) is 0 Å². The van der Waals surface area contributed by atoms with Crippen molar-refractivity contribution in [3.8, 4) is 0 Å². The van der Waals surface area contributed by atoms with Crippen LogP contribution in [0.15, 0.2) is 41.5 Å². The summed E-state index contributed by atoms with van der Waals surface area (Å²) < 4.78 is 88.8. The van der Waals surface area contributed by atoms with Gasteiger partial charge in [0.05, 0.1) is 4.90 Å². The molecule has 0 fully saturated rings. The van der Waals surface area contributed by atoms with E-state index in [9.17, 15) is 26.0 Å². The molecule has 2 aromatic rings. The van der Waals surface area contributed by atoms with Gasteiger partial charge < -0.3 is 0 Å². The SMILES string of the molecule is CCSc1cc(SCC)c(Sc2c(F)c(F)c(S(=O)(=O)O)c(F)c2F)c(SCC)c1. The third-order valence-corrected chi connectivity index (χ3v) is 8.59. The van der Waals surface area contributed by atoms with Gasteiger partial charge in [0.15, 0.2) is 28.2 Å². The molecule has 3 nitrogen and oxygen atoms in total. The minimum Gasteiger partial charge on any atom is -0.282 e. The molecule has 0 aliphatic rings. The summed E-state index contributed by atoms with van der Waals surface area (Å²) >= 11 is 4.90. The normalized spacial score (nSPS) is 11.9. The molecule has 0 bridgehead atoms. The molecular formula is C18H18F4O3S5. The maximum atomic E-state index is 14.6. The Bertz CT molecular complexity index is 989. The van der Waals surface area contributed by atoms with Crippen LogP contribution in [0.4, 0.5) is 17.6 Å². The van der Waals surface area contributed by atoms with Crippen LogP contribution in [0.5, 0.6) is 0 Å². The van der Waals surface area contributed by atoms with Crippen molar-refractivity contribution in [2.24, 2.45) is 0 Å². The minimum atomic E-state index is -5.49. The summed E-state index contributed by atoms with van der Waals surface area (Å²) in [5, 5.41) is 0. The maximum Gasteiger partial charge on any atom is 0.300 e. The second-order valence-electron chi connectivity index (χ2n) is 5.54. The second kappa shape index (κ2) is 10.9. The fraction of sp³-hybridized carbons (Fsp3) is 0.333. The molecule has 166 valence electrons. The Morgan fingerprint density at radius 3 is 1.57 bits per heavy atom. The first-order chi connectivity index (χ1) is 14.1. The largest absolute Gasteiger partial charge is 0.300 e. The van der Waals surface area contributed by atoms with E-state index >= 15 is 0 Å². The summed E-state index contributed by atoms with van der Waals surface area (Å²) in [6, 6.07) is 3.69. The molecule has 12 heteroatoms. The van der Waals surface area contributed by atoms with Gasteiger partial charge in [-0.15, -0.1) is 35.3 Å². The van der Waals surface area contributed by atoms with Gasteiger partial charge in [0, 0.05) is 19.6 Å². The quantitative estimate of drug-likeness (QED) is 0.166. The number of halogens is 4. The van der Waals surface area contributed by atoms with Gasteiger partial charge in [-0.05, 0) is 29.4 Å². The number of hydrogen-bond donors (Lipinski definition) is 1. The Morgan fingerprint density at radius 2 is 1.20 bits per heavy atom. The van der Waals surface area contributed by atoms with E-state index in [2.05, 4.69) is 0 Å². The van der Waals surface area contributed by atoms with E-state index in [0.717, 1.165) is 10.6 Å². The van der Waals surface area contributed by atoms with Gasteiger partial charge in [0.25, 0.3) is 0 Å². The van der Waals surface area contributed by atoms with Crippen LogP contribution in [0.3, 0.4) is 0 Å². The summed E-state index contributed by atoms with van der Waals surface area (Å²) in [6.45, 7) is 5.78. The van der Waals surface area contributed by atoms with Crippen LogP contribution in [-0.2, 0) is 10.1 Å². The highest BCUT2D eigenvalue weighted by Gasteiger charge is 2.33. The Labute approximate surface area is 189 Å². The summed E-state index contributed by atoms with van der Waals surface area (Å²) in [5.74, 6) is -5.95. The van der Waals surface area contributed by atoms with Crippen molar-refractivity contribution in [1.82, 2.24) is 0 Å². The molecule has 1 N–H and O–H groups in total. The van der Waals surface area contributed by atoms with Gasteiger partial charge in [0.2, 0.25) is 0 Å². The Morgan fingerprint density at radius 1 is 0.767 bits per heavy atom. The van der Waals surface area contributed by atoms with Crippen molar-refractivity contribution >= 4 is 57.2 Å². The molecule has 0 atom stereocenters. The second-order valence-corrected chi connectivity index (χ2v) is 11.9. The first kappa shape index (κ1) is 25.7. The lowest BCUT2D eigenvalue weighted by Crippen LogP contribution is -2.11. The van der Waals surface area contributed by atoms with E-state index in [1.165, 1.54) is 23.5 Å². The van der Waals surface area contributed by atoms with Crippen LogP contribution in [0, 0.1) is 23.3 Å². The molecule has 2 aromatic carbocycles. The highest BCUT2D eigenvalue weighted by molar-refractivity contribution is 8.04. The van der Waals surface area contributed by atoms with Crippen LogP contribution < -0.4 is 0 Å². The van der Waals surface area contributed by atoms with Gasteiger partial charge in [-0.3, -0.25) is 4.55 Å². The van der Waals surface area contributed by atoms with E-state index in [4.69, 9.17) is 4.55 Å². The van der Waals surface area contributed by atoms with Gasteiger partial charge in [-0.25, -0.2) is 17.6 Å². The van der Waals surface area contributed by atoms with Crippen molar-refractivity contribution in [2.75, 3.05) is 17.3 Å². The van der Waals surface area contributed by atoms with E-state index in [1.54, 1.807) is 11.8 Å². The van der Waals surface area contributed by atoms with Gasteiger partial charge >= 0.3 is 10.1 Å². The van der Waals surface area contributed by atoms with E-state index in [-0.39, 0.29) is 0 Å². The average molecular weight is 519 g/mol. The van der Waals surface area contributed by atoms with Crippen molar-refractivity contribution < 1.29 is 30.5 Å². The van der Waals surface area contributed by atoms with E-state index in [0.29, 0.717) is 38.0 Å². The fourth-order valence-corrected chi connectivity index (χ4v) is 7.03. The van der Waals surface area contributed by atoms with E-state index < -0.39 is 43.2 Å². The smallest absolute Gasteiger partial charge is 0.282 e. The van der Waals surface area contributed by atoms with Crippen molar-refractivity contribution in [2.45, 2.75) is 50.1 Å². The molecule has 0 aliphatic heterocycles. The topological polar surface area (TPSA) is 54.4 Å². The first-order valence-electron chi connectivity index (χ1n) is 8.64. The number of thioether (sulfide) groups is 3. The lowest BCUT2D eigenvalue weighted by molar-refractivity contribution is 0.384. The van der Waals surface area contributed by atoms with Crippen LogP contribution in [0.2, 0.25) is 0 Å².